The number of H-pyrrole nitrogens is 1. The first-order valence-corrected chi connectivity index (χ1v) is 8.18. The fraction of sp³-hybridized carbons (Fsp3) is 0.750. The van der Waals surface area contributed by atoms with Gasteiger partial charge < -0.3 is 5.32 Å². The topological polar surface area (TPSA) is 78.1 Å². The van der Waals surface area contributed by atoms with Gasteiger partial charge in [0.15, 0.2) is 5.03 Å². The minimum absolute atomic E-state index is 0.171. The quantitative estimate of drug-likeness (QED) is 0.786. The lowest BCUT2D eigenvalue weighted by Crippen LogP contribution is -2.34. The van der Waals surface area contributed by atoms with Crippen molar-refractivity contribution in [3.8, 4) is 0 Å². The lowest BCUT2D eigenvalue weighted by Gasteiger charge is -2.19. The lowest BCUT2D eigenvalue weighted by molar-refractivity contribution is 0.417. The maximum Gasteiger partial charge on any atom is 0.260 e. The molecule has 0 amide bonds. The van der Waals surface area contributed by atoms with Gasteiger partial charge in [-0.3, -0.25) is 5.10 Å². The van der Waals surface area contributed by atoms with Crippen molar-refractivity contribution in [2.75, 3.05) is 6.54 Å². The van der Waals surface area contributed by atoms with Crippen LogP contribution in [-0.2, 0) is 16.6 Å². The smallest absolute Gasteiger partial charge is 0.260 e. The van der Waals surface area contributed by atoms with Crippen molar-refractivity contribution >= 4 is 10.0 Å². The van der Waals surface area contributed by atoms with Crippen LogP contribution in [0.1, 0.15) is 39.2 Å². The fourth-order valence-corrected chi connectivity index (χ4v) is 3.87. The van der Waals surface area contributed by atoms with E-state index in [0.29, 0.717) is 24.7 Å². The zero-order valence-corrected chi connectivity index (χ0v) is 12.5. The molecule has 108 valence electrons. The van der Waals surface area contributed by atoms with Crippen LogP contribution < -0.4 is 5.32 Å². The number of hydrogen-bond acceptors (Lipinski definition) is 4. The molecule has 19 heavy (non-hydrogen) atoms. The van der Waals surface area contributed by atoms with E-state index in [2.05, 4.69) is 15.5 Å². The van der Waals surface area contributed by atoms with Crippen LogP contribution in [0.3, 0.4) is 0 Å². The second-order valence-electron chi connectivity index (χ2n) is 5.20. The van der Waals surface area contributed by atoms with Gasteiger partial charge in [0.05, 0.1) is 6.20 Å². The maximum absolute atomic E-state index is 12.6. The Labute approximate surface area is 114 Å². The monoisotopic (exact) mass is 286 g/mol. The second kappa shape index (κ2) is 5.60. The standard InChI is InChI=1S/C12H22N4O2S/c1-4-16(11-5-6-11)19(17,18)12-10(8-14-15-12)7-13-9(2)3/h8-9,11,13H,4-7H2,1-3H3,(H,14,15). The van der Waals surface area contributed by atoms with E-state index in [0.717, 1.165) is 12.8 Å². The Morgan fingerprint density at radius 3 is 2.74 bits per heavy atom. The summed E-state index contributed by atoms with van der Waals surface area (Å²) < 4.78 is 26.8. The van der Waals surface area contributed by atoms with Crippen LogP contribution in [0.5, 0.6) is 0 Å². The summed E-state index contributed by atoms with van der Waals surface area (Å²) >= 11 is 0. The molecule has 0 unspecified atom stereocenters. The van der Waals surface area contributed by atoms with Gasteiger partial charge >= 0.3 is 0 Å². The first-order chi connectivity index (χ1) is 8.96. The average molecular weight is 286 g/mol. The largest absolute Gasteiger partial charge is 0.310 e. The summed E-state index contributed by atoms with van der Waals surface area (Å²) in [6.07, 6.45) is 3.50. The van der Waals surface area contributed by atoms with Gasteiger partial charge in [0.2, 0.25) is 0 Å². The highest BCUT2D eigenvalue weighted by atomic mass is 32.2. The van der Waals surface area contributed by atoms with E-state index in [1.165, 1.54) is 0 Å². The molecule has 0 saturated heterocycles. The van der Waals surface area contributed by atoms with E-state index in [-0.39, 0.29) is 11.1 Å². The summed E-state index contributed by atoms with van der Waals surface area (Å²) in [6.45, 7) is 6.93. The zero-order chi connectivity index (χ0) is 14.0. The first kappa shape index (κ1) is 14.5. The van der Waals surface area contributed by atoms with E-state index in [9.17, 15) is 8.42 Å². The molecule has 0 aromatic carbocycles. The molecule has 2 N–H and O–H groups in total. The van der Waals surface area contributed by atoms with Crippen molar-refractivity contribution in [2.24, 2.45) is 0 Å². The number of aromatic amines is 1. The summed E-state index contributed by atoms with van der Waals surface area (Å²) in [5.41, 5.74) is 0.702. The SMILES string of the molecule is CCN(C1CC1)S(=O)(=O)c1[nH]ncc1CNC(C)C. The van der Waals surface area contributed by atoms with Crippen LogP contribution in [0.2, 0.25) is 0 Å². The maximum atomic E-state index is 12.6. The minimum atomic E-state index is -3.45. The number of sulfonamides is 1. The number of rotatable bonds is 7. The molecule has 0 radical (unpaired) electrons. The average Bonchev–Trinajstić information content (AvgIpc) is 3.04. The van der Waals surface area contributed by atoms with Crippen LogP contribution in [0.4, 0.5) is 0 Å². The summed E-state index contributed by atoms with van der Waals surface area (Å²) in [6, 6.07) is 0.473. The normalized spacial score (nSPS) is 16.5. The Balaban J connectivity index is 2.22. The predicted molar refractivity (Wildman–Crippen MR) is 73.2 cm³/mol. The van der Waals surface area contributed by atoms with Gasteiger partial charge in [-0.2, -0.15) is 9.40 Å². The Morgan fingerprint density at radius 1 is 1.53 bits per heavy atom. The van der Waals surface area contributed by atoms with Crippen molar-refractivity contribution < 1.29 is 8.42 Å². The van der Waals surface area contributed by atoms with Crippen molar-refractivity contribution in [1.82, 2.24) is 19.8 Å². The Hall–Kier alpha value is -0.920. The first-order valence-electron chi connectivity index (χ1n) is 6.74. The summed E-state index contributed by atoms with van der Waals surface area (Å²) in [7, 11) is -3.45. The van der Waals surface area contributed by atoms with Crippen LogP contribution in [0.15, 0.2) is 11.2 Å². The van der Waals surface area contributed by atoms with Gasteiger partial charge in [-0.25, -0.2) is 8.42 Å². The molecule has 0 atom stereocenters. The molecule has 2 rings (SSSR count). The molecule has 0 aliphatic heterocycles. The zero-order valence-electron chi connectivity index (χ0n) is 11.7. The molecule has 1 aliphatic rings. The molecule has 1 aliphatic carbocycles. The third-order valence-corrected chi connectivity index (χ3v) is 5.25. The number of aromatic nitrogens is 2. The van der Waals surface area contributed by atoms with Crippen molar-refractivity contribution in [1.29, 1.82) is 0 Å². The summed E-state index contributed by atoms with van der Waals surface area (Å²) in [5.74, 6) is 0. The second-order valence-corrected chi connectivity index (χ2v) is 7.03. The molecule has 1 heterocycles. The number of nitrogens with one attached hydrogen (secondary N) is 2. The molecule has 1 aromatic heterocycles. The molecule has 1 saturated carbocycles. The van der Waals surface area contributed by atoms with Gasteiger partial charge in [0, 0.05) is 30.7 Å². The van der Waals surface area contributed by atoms with Gasteiger partial charge in [-0.15, -0.1) is 0 Å². The molecule has 0 spiro atoms. The van der Waals surface area contributed by atoms with E-state index < -0.39 is 10.0 Å². The summed E-state index contributed by atoms with van der Waals surface area (Å²) in [5, 5.41) is 9.99. The minimum Gasteiger partial charge on any atom is -0.310 e. The van der Waals surface area contributed by atoms with Gasteiger partial charge in [0.1, 0.15) is 0 Å². The van der Waals surface area contributed by atoms with Crippen LogP contribution in [0, 0.1) is 0 Å². The van der Waals surface area contributed by atoms with E-state index in [1.54, 1.807) is 10.5 Å². The van der Waals surface area contributed by atoms with Crippen molar-refractivity contribution in [3.63, 3.8) is 0 Å². The van der Waals surface area contributed by atoms with Crippen molar-refractivity contribution in [3.05, 3.63) is 11.8 Å². The van der Waals surface area contributed by atoms with Crippen LogP contribution in [-0.4, -0.2) is 41.5 Å². The Kier molecular flexibility index (Phi) is 4.27. The molecular weight excluding hydrogens is 264 g/mol. The van der Waals surface area contributed by atoms with Crippen molar-refractivity contribution in [2.45, 2.75) is 57.3 Å². The molecular formula is C12H22N4O2S. The van der Waals surface area contributed by atoms with E-state index >= 15 is 0 Å². The third kappa shape index (κ3) is 3.16. The molecule has 7 heteroatoms. The lowest BCUT2D eigenvalue weighted by atomic mass is 10.3. The molecule has 0 bridgehead atoms. The van der Waals surface area contributed by atoms with Crippen LogP contribution in [0.25, 0.3) is 0 Å². The molecule has 1 fully saturated rings. The third-order valence-electron chi connectivity index (χ3n) is 3.21. The number of nitrogens with zero attached hydrogens (tertiary/aromatic N) is 2. The summed E-state index contributed by atoms with van der Waals surface area (Å²) in [4.78, 5) is 0. The molecule has 6 nitrogen and oxygen atoms in total. The highest BCUT2D eigenvalue weighted by molar-refractivity contribution is 7.89. The highest BCUT2D eigenvalue weighted by Gasteiger charge is 2.38. The van der Waals surface area contributed by atoms with Gasteiger partial charge in [0.25, 0.3) is 10.0 Å². The highest BCUT2D eigenvalue weighted by Crippen LogP contribution is 2.31. The van der Waals surface area contributed by atoms with Gasteiger partial charge in [-0.1, -0.05) is 20.8 Å². The Morgan fingerprint density at radius 2 is 2.21 bits per heavy atom. The molecule has 1 aromatic rings. The number of hydrogen-bond donors (Lipinski definition) is 2. The van der Waals surface area contributed by atoms with Crippen LogP contribution >= 0.6 is 0 Å². The van der Waals surface area contributed by atoms with Gasteiger partial charge in [-0.05, 0) is 12.8 Å². The van der Waals surface area contributed by atoms with E-state index in [4.69, 9.17) is 0 Å². The fourth-order valence-electron chi connectivity index (χ4n) is 2.07. The van der Waals surface area contributed by atoms with E-state index in [1.807, 2.05) is 20.8 Å². The Bertz CT molecular complexity index is 520. The predicted octanol–water partition coefficient (Wildman–Crippen LogP) is 1.08.